The lowest BCUT2D eigenvalue weighted by Crippen LogP contribution is -2.48. The lowest BCUT2D eigenvalue weighted by molar-refractivity contribution is -0.174. The van der Waals surface area contributed by atoms with E-state index >= 15 is 0 Å². The maximum atomic E-state index is 13.1. The minimum absolute atomic E-state index is 0.0230. The molecule has 0 spiro atoms. The van der Waals surface area contributed by atoms with E-state index in [9.17, 15) is 27.2 Å². The molecule has 0 aliphatic heterocycles. The van der Waals surface area contributed by atoms with Gasteiger partial charge < -0.3 is 11.1 Å². The molecule has 0 heterocycles. The predicted molar refractivity (Wildman–Crippen MR) is 61.4 cm³/mol. The Morgan fingerprint density at radius 2 is 2.00 bits per heavy atom. The maximum Gasteiger partial charge on any atom is 0.471 e. The van der Waals surface area contributed by atoms with Crippen LogP contribution in [-0.4, -0.2) is 23.9 Å². The molecule has 1 aliphatic rings. The zero-order chi connectivity index (χ0) is 15.1. The van der Waals surface area contributed by atoms with Crippen LogP contribution in [0.5, 0.6) is 0 Å². The van der Waals surface area contributed by atoms with Gasteiger partial charge in [-0.1, -0.05) is 0 Å². The Morgan fingerprint density at radius 1 is 1.35 bits per heavy atom. The van der Waals surface area contributed by atoms with Crippen LogP contribution in [0.2, 0.25) is 0 Å². The molecule has 2 rings (SSSR count). The number of hydrogen-bond donors (Lipinski definition) is 2. The number of alkyl halides is 3. The van der Waals surface area contributed by atoms with Crippen LogP contribution in [0, 0.1) is 5.82 Å². The van der Waals surface area contributed by atoms with Gasteiger partial charge in [-0.05, 0) is 30.5 Å². The number of halogens is 4. The predicted octanol–water partition coefficient (Wildman–Crippen LogP) is 1.58. The van der Waals surface area contributed by atoms with Gasteiger partial charge in [-0.2, -0.15) is 13.2 Å². The third-order valence-electron chi connectivity index (χ3n) is 3.04. The first-order valence-electron chi connectivity index (χ1n) is 5.70. The number of fused-ring (bicyclic) bond motifs is 1. The van der Waals surface area contributed by atoms with Crippen molar-refractivity contribution in [3.05, 3.63) is 29.1 Å². The summed E-state index contributed by atoms with van der Waals surface area (Å²) in [7, 11) is 0. The summed E-state index contributed by atoms with van der Waals surface area (Å²) in [6.07, 6.45) is -4.93. The van der Waals surface area contributed by atoms with Gasteiger partial charge in [0.1, 0.15) is 5.82 Å². The topological polar surface area (TPSA) is 72.2 Å². The molecule has 4 nitrogen and oxygen atoms in total. The van der Waals surface area contributed by atoms with Gasteiger partial charge in [0.25, 0.3) is 0 Å². The molecule has 0 fully saturated rings. The monoisotopic (exact) mass is 290 g/mol. The SMILES string of the molecule is Nc1cc(F)cc2c1C(=O)C(NC(=O)C(F)(F)F)CC2. The molecule has 1 amide bonds. The second-order valence-electron chi connectivity index (χ2n) is 4.46. The second-order valence-corrected chi connectivity index (χ2v) is 4.46. The van der Waals surface area contributed by atoms with Crippen molar-refractivity contribution in [3.63, 3.8) is 0 Å². The van der Waals surface area contributed by atoms with Crippen LogP contribution in [-0.2, 0) is 11.2 Å². The number of nitrogens with two attached hydrogens (primary N) is 1. The van der Waals surface area contributed by atoms with Crippen LogP contribution < -0.4 is 11.1 Å². The van der Waals surface area contributed by atoms with E-state index in [4.69, 9.17) is 5.73 Å². The van der Waals surface area contributed by atoms with Crippen molar-refractivity contribution in [2.45, 2.75) is 25.1 Å². The fourth-order valence-electron chi connectivity index (χ4n) is 2.17. The van der Waals surface area contributed by atoms with Gasteiger partial charge >= 0.3 is 12.1 Å². The van der Waals surface area contributed by atoms with Crippen LogP contribution in [0.1, 0.15) is 22.3 Å². The number of carbonyl (C=O) groups excluding carboxylic acids is 2. The molecule has 0 radical (unpaired) electrons. The van der Waals surface area contributed by atoms with E-state index in [1.54, 1.807) is 5.32 Å². The van der Waals surface area contributed by atoms with Crippen molar-refractivity contribution in [1.29, 1.82) is 0 Å². The van der Waals surface area contributed by atoms with Gasteiger partial charge in [-0.15, -0.1) is 0 Å². The van der Waals surface area contributed by atoms with Crippen molar-refractivity contribution in [3.8, 4) is 0 Å². The Morgan fingerprint density at radius 3 is 2.60 bits per heavy atom. The van der Waals surface area contributed by atoms with Crippen LogP contribution in [0.25, 0.3) is 0 Å². The molecule has 0 bridgehead atoms. The fraction of sp³-hybridized carbons (Fsp3) is 0.333. The van der Waals surface area contributed by atoms with E-state index in [0.717, 1.165) is 12.1 Å². The molecule has 1 unspecified atom stereocenters. The largest absolute Gasteiger partial charge is 0.471 e. The number of aryl methyl sites for hydroxylation is 1. The minimum atomic E-state index is -5.06. The molecule has 8 heteroatoms. The zero-order valence-electron chi connectivity index (χ0n) is 10.1. The molecule has 1 aromatic carbocycles. The summed E-state index contributed by atoms with van der Waals surface area (Å²) in [5, 5.41) is 1.63. The van der Waals surface area contributed by atoms with Crippen LogP contribution >= 0.6 is 0 Å². The third kappa shape index (κ3) is 2.59. The number of Topliss-reactive ketones (excluding diaryl/α,β-unsaturated/α-hetero) is 1. The van der Waals surface area contributed by atoms with Gasteiger partial charge in [-0.25, -0.2) is 4.39 Å². The lowest BCUT2D eigenvalue weighted by Gasteiger charge is -2.25. The van der Waals surface area contributed by atoms with E-state index in [1.807, 2.05) is 0 Å². The highest BCUT2D eigenvalue weighted by Gasteiger charge is 2.42. The summed E-state index contributed by atoms with van der Waals surface area (Å²) < 4.78 is 49.6. The fourth-order valence-corrected chi connectivity index (χ4v) is 2.17. The summed E-state index contributed by atoms with van der Waals surface area (Å²) in [6, 6.07) is 0.736. The Hall–Kier alpha value is -2.12. The molecular weight excluding hydrogens is 280 g/mol. The normalized spacial score (nSPS) is 18.6. The smallest absolute Gasteiger partial charge is 0.398 e. The summed E-state index contributed by atoms with van der Waals surface area (Å²) in [6.45, 7) is 0. The van der Waals surface area contributed by atoms with Crippen LogP contribution in [0.4, 0.5) is 23.2 Å². The first kappa shape index (κ1) is 14.3. The lowest BCUT2D eigenvalue weighted by atomic mass is 9.86. The van der Waals surface area contributed by atoms with Crippen molar-refractivity contribution < 1.29 is 27.2 Å². The number of benzene rings is 1. The highest BCUT2D eigenvalue weighted by molar-refractivity contribution is 6.07. The second kappa shape index (κ2) is 4.77. The Balaban J connectivity index is 2.26. The molecule has 3 N–H and O–H groups in total. The number of nitrogens with one attached hydrogen (secondary N) is 1. The van der Waals surface area contributed by atoms with Crippen LogP contribution in [0.15, 0.2) is 12.1 Å². The van der Waals surface area contributed by atoms with Crippen molar-refractivity contribution in [2.24, 2.45) is 0 Å². The van der Waals surface area contributed by atoms with Crippen LogP contribution in [0.3, 0.4) is 0 Å². The molecule has 0 saturated carbocycles. The molecule has 0 aromatic heterocycles. The summed E-state index contributed by atoms with van der Waals surface area (Å²) in [4.78, 5) is 22.9. The number of nitrogen functional groups attached to an aromatic ring is 1. The highest BCUT2D eigenvalue weighted by atomic mass is 19.4. The summed E-state index contributed by atoms with van der Waals surface area (Å²) in [5.74, 6) is -3.53. The minimum Gasteiger partial charge on any atom is -0.398 e. The van der Waals surface area contributed by atoms with E-state index in [0.29, 0.717) is 5.56 Å². The molecule has 1 atom stereocenters. The average molecular weight is 290 g/mol. The number of rotatable bonds is 1. The molecule has 0 saturated heterocycles. The van der Waals surface area contributed by atoms with E-state index < -0.39 is 29.7 Å². The van der Waals surface area contributed by atoms with Gasteiger partial charge in [0.05, 0.1) is 6.04 Å². The molecule has 20 heavy (non-hydrogen) atoms. The number of amides is 1. The Bertz CT molecular complexity index is 584. The van der Waals surface area contributed by atoms with E-state index in [2.05, 4.69) is 0 Å². The van der Waals surface area contributed by atoms with Crippen molar-refractivity contribution >= 4 is 17.4 Å². The van der Waals surface area contributed by atoms with E-state index in [1.165, 1.54) is 0 Å². The number of anilines is 1. The number of carbonyl (C=O) groups is 2. The van der Waals surface area contributed by atoms with Gasteiger partial charge in [-0.3, -0.25) is 9.59 Å². The molecule has 1 aromatic rings. The highest BCUT2D eigenvalue weighted by Crippen LogP contribution is 2.28. The quantitative estimate of drug-likeness (QED) is 0.609. The number of hydrogen-bond acceptors (Lipinski definition) is 3. The molecule has 108 valence electrons. The van der Waals surface area contributed by atoms with Gasteiger partial charge in [0.15, 0.2) is 5.78 Å². The average Bonchev–Trinajstić information content (AvgIpc) is 2.30. The number of ketones is 1. The Kier molecular flexibility index (Phi) is 3.41. The van der Waals surface area contributed by atoms with Crippen molar-refractivity contribution in [1.82, 2.24) is 5.32 Å². The van der Waals surface area contributed by atoms with E-state index in [-0.39, 0.29) is 24.1 Å². The summed E-state index contributed by atoms with van der Waals surface area (Å²) in [5.41, 5.74) is 5.69. The molecular formula is C12H10F4N2O2. The van der Waals surface area contributed by atoms with Gasteiger partial charge in [0.2, 0.25) is 0 Å². The van der Waals surface area contributed by atoms with Gasteiger partial charge in [0, 0.05) is 11.3 Å². The standard InChI is InChI=1S/C12H10F4N2O2/c13-6-3-5-1-2-8(18-11(20)12(14,15)16)10(19)9(5)7(17)4-6/h3-4,8H,1-2,17H2,(H,18,20). The molecule has 1 aliphatic carbocycles. The van der Waals surface area contributed by atoms with Crippen molar-refractivity contribution in [2.75, 3.05) is 5.73 Å². The first-order valence-corrected chi connectivity index (χ1v) is 5.70. The maximum absolute atomic E-state index is 13.1. The third-order valence-corrected chi connectivity index (χ3v) is 3.04. The first-order chi connectivity index (χ1) is 9.20. The summed E-state index contributed by atoms with van der Waals surface area (Å²) >= 11 is 0. The Labute approximate surface area is 110 Å². The zero-order valence-corrected chi connectivity index (χ0v) is 10.1.